The van der Waals surface area contributed by atoms with E-state index in [4.69, 9.17) is 11.6 Å². The van der Waals surface area contributed by atoms with Crippen LogP contribution in [0, 0.1) is 6.92 Å². The van der Waals surface area contributed by atoms with Gasteiger partial charge in [-0.1, -0.05) is 25.4 Å². The molecule has 1 aliphatic heterocycles. The second-order valence-corrected chi connectivity index (χ2v) is 8.52. The molecule has 0 saturated heterocycles. The lowest BCUT2D eigenvalue weighted by Crippen LogP contribution is -2.44. The van der Waals surface area contributed by atoms with Crippen LogP contribution >= 0.6 is 11.6 Å². The van der Waals surface area contributed by atoms with Crippen LogP contribution in [0.2, 0.25) is 5.02 Å². The third kappa shape index (κ3) is 3.28. The van der Waals surface area contributed by atoms with Gasteiger partial charge in [0, 0.05) is 18.0 Å². The molecule has 0 radical (unpaired) electrons. The Hall–Kier alpha value is -3.53. The van der Waals surface area contributed by atoms with Gasteiger partial charge in [-0.3, -0.25) is 4.90 Å². The number of hydrogen-bond acceptors (Lipinski definition) is 6. The summed E-state index contributed by atoms with van der Waals surface area (Å²) in [5, 5.41) is 15.9. The largest absolute Gasteiger partial charge is 0.326 e. The number of hydrogen-bond donors (Lipinski definition) is 1. The maximum atomic E-state index is 13.2. The second-order valence-electron chi connectivity index (χ2n) is 8.11. The number of carbonyl (C=O) groups excluding carboxylic acids is 1. The molecule has 2 amide bonds. The Kier molecular flexibility index (Phi) is 4.40. The van der Waals surface area contributed by atoms with Gasteiger partial charge in [-0.05, 0) is 19.4 Å². The molecule has 0 aromatic carbocycles. The zero-order valence-corrected chi connectivity index (χ0v) is 18.0. The number of halogens is 1. The first-order valence-corrected chi connectivity index (χ1v) is 10.2. The van der Waals surface area contributed by atoms with E-state index in [9.17, 15) is 4.79 Å². The molecular formula is C20H20ClN9O. The first-order chi connectivity index (χ1) is 14.8. The van der Waals surface area contributed by atoms with Crippen LogP contribution in [-0.4, -0.2) is 47.2 Å². The fraction of sp³-hybridized carbons (Fsp3) is 0.300. The van der Waals surface area contributed by atoms with Crippen LogP contribution in [0.4, 0.5) is 16.2 Å². The molecule has 0 spiro atoms. The molecule has 5 heterocycles. The van der Waals surface area contributed by atoms with E-state index in [-0.39, 0.29) is 11.4 Å². The Morgan fingerprint density at radius 2 is 1.94 bits per heavy atom. The summed E-state index contributed by atoms with van der Waals surface area (Å²) in [6, 6.07) is 3.27. The minimum Gasteiger partial charge on any atom is -0.306 e. The van der Waals surface area contributed by atoms with Crippen LogP contribution in [0.3, 0.4) is 0 Å². The Balaban J connectivity index is 1.47. The van der Waals surface area contributed by atoms with E-state index in [1.807, 2.05) is 17.5 Å². The molecule has 1 aliphatic rings. The lowest BCUT2D eigenvalue weighted by Gasteiger charge is -2.38. The first-order valence-electron chi connectivity index (χ1n) is 9.80. The Labute approximate surface area is 182 Å². The van der Waals surface area contributed by atoms with Crippen LogP contribution in [0.1, 0.15) is 31.7 Å². The van der Waals surface area contributed by atoms with Crippen LogP contribution in [0.5, 0.6) is 0 Å². The summed E-state index contributed by atoms with van der Waals surface area (Å²) in [5.74, 6) is 0.385. The maximum absolute atomic E-state index is 13.2. The summed E-state index contributed by atoms with van der Waals surface area (Å²) in [6.45, 7) is 6.79. The van der Waals surface area contributed by atoms with Crippen molar-refractivity contribution in [3.8, 4) is 5.82 Å². The molecule has 4 aromatic heterocycles. The topological polar surface area (TPSA) is 106 Å². The van der Waals surface area contributed by atoms with Gasteiger partial charge in [0.15, 0.2) is 11.5 Å². The summed E-state index contributed by atoms with van der Waals surface area (Å²) in [7, 11) is 0. The van der Waals surface area contributed by atoms with E-state index in [0.717, 1.165) is 29.1 Å². The predicted molar refractivity (Wildman–Crippen MR) is 116 cm³/mol. The lowest BCUT2D eigenvalue weighted by molar-refractivity contribution is 0.255. The zero-order valence-electron chi connectivity index (χ0n) is 17.2. The predicted octanol–water partition coefficient (Wildman–Crippen LogP) is 3.39. The number of aryl methyl sites for hydroxylation is 1. The van der Waals surface area contributed by atoms with Crippen LogP contribution < -0.4 is 10.2 Å². The molecule has 158 valence electrons. The molecule has 4 aromatic rings. The monoisotopic (exact) mass is 437 g/mol. The molecule has 31 heavy (non-hydrogen) atoms. The van der Waals surface area contributed by atoms with Gasteiger partial charge in [0.05, 0.1) is 52.6 Å². The molecule has 0 aliphatic carbocycles. The quantitative estimate of drug-likeness (QED) is 0.515. The summed E-state index contributed by atoms with van der Waals surface area (Å²) in [6.07, 6.45) is 7.12. The van der Waals surface area contributed by atoms with Crippen molar-refractivity contribution in [2.75, 3.05) is 16.8 Å². The van der Waals surface area contributed by atoms with Crippen LogP contribution in [0.25, 0.3) is 11.5 Å². The average Bonchev–Trinajstić information content (AvgIpc) is 3.36. The third-order valence-corrected chi connectivity index (χ3v) is 5.68. The number of pyridine rings is 1. The van der Waals surface area contributed by atoms with Crippen molar-refractivity contribution in [2.45, 2.75) is 32.6 Å². The molecule has 0 saturated carbocycles. The summed E-state index contributed by atoms with van der Waals surface area (Å²) in [5.41, 5.74) is 3.66. The van der Waals surface area contributed by atoms with Gasteiger partial charge in [-0.2, -0.15) is 15.3 Å². The summed E-state index contributed by atoms with van der Waals surface area (Å²) in [4.78, 5) is 24.9. The van der Waals surface area contributed by atoms with E-state index in [1.54, 1.807) is 17.2 Å². The van der Waals surface area contributed by atoms with Crippen LogP contribution in [0.15, 0.2) is 36.9 Å². The number of fused-ring (bicyclic) bond motifs is 3. The number of aromatic nitrogens is 7. The average molecular weight is 438 g/mol. The number of nitrogens with one attached hydrogen (secondary N) is 1. The van der Waals surface area contributed by atoms with Crippen LogP contribution in [-0.2, 0) is 5.41 Å². The normalized spacial score (nSPS) is 15.2. The van der Waals surface area contributed by atoms with Crippen molar-refractivity contribution in [2.24, 2.45) is 0 Å². The smallest absolute Gasteiger partial charge is 0.306 e. The van der Waals surface area contributed by atoms with E-state index in [0.29, 0.717) is 23.1 Å². The van der Waals surface area contributed by atoms with E-state index >= 15 is 0 Å². The lowest BCUT2D eigenvalue weighted by atomic mass is 9.81. The number of carbonyl (C=O) groups is 1. The highest BCUT2D eigenvalue weighted by atomic mass is 35.5. The van der Waals surface area contributed by atoms with Gasteiger partial charge in [-0.15, -0.1) is 4.80 Å². The number of anilines is 2. The molecule has 0 bridgehead atoms. The molecule has 1 N–H and O–H groups in total. The molecule has 0 unspecified atom stereocenters. The minimum absolute atomic E-state index is 0.158. The summed E-state index contributed by atoms with van der Waals surface area (Å²) < 4.78 is 1.84. The second kappa shape index (κ2) is 7.02. The van der Waals surface area contributed by atoms with Gasteiger partial charge in [-0.25, -0.2) is 19.3 Å². The van der Waals surface area contributed by atoms with E-state index < -0.39 is 0 Å². The standard InChI is InChI=1S/C20H20ClN9O/c1-12-8-16-22-11-15-17(29(16)27-12)20(2,3)4-7-28(15)19(31)26-13-9-14(21)18(23-10-13)30-24-5-6-25-30/h5-6,8-11H,4,7H2,1-3H3,(H,26,31). The number of amides is 2. The molecule has 0 atom stereocenters. The van der Waals surface area contributed by atoms with Gasteiger partial charge in [0.25, 0.3) is 0 Å². The highest BCUT2D eigenvalue weighted by Gasteiger charge is 2.37. The molecule has 0 fully saturated rings. The SMILES string of the molecule is Cc1cc2ncc3c(n2n1)C(C)(C)CCN3C(=O)Nc1cnc(-n2nccn2)c(Cl)c1. The molecular weight excluding hydrogens is 418 g/mol. The van der Waals surface area contributed by atoms with Gasteiger partial charge >= 0.3 is 6.03 Å². The highest BCUT2D eigenvalue weighted by molar-refractivity contribution is 6.32. The third-order valence-electron chi connectivity index (χ3n) is 5.40. The Morgan fingerprint density at radius 3 is 2.68 bits per heavy atom. The van der Waals surface area contributed by atoms with E-state index in [1.165, 1.54) is 23.4 Å². The van der Waals surface area contributed by atoms with Crippen molar-refractivity contribution in [1.82, 2.24) is 34.6 Å². The van der Waals surface area contributed by atoms with Crippen molar-refractivity contribution < 1.29 is 4.79 Å². The number of nitrogens with zero attached hydrogens (tertiary/aromatic N) is 8. The Bertz CT molecular complexity index is 1300. The molecule has 10 nitrogen and oxygen atoms in total. The van der Waals surface area contributed by atoms with Crippen molar-refractivity contribution >= 4 is 34.7 Å². The summed E-state index contributed by atoms with van der Waals surface area (Å²) >= 11 is 6.33. The minimum atomic E-state index is -0.287. The number of rotatable bonds is 2. The maximum Gasteiger partial charge on any atom is 0.326 e. The first kappa shape index (κ1) is 19.4. The Morgan fingerprint density at radius 1 is 1.16 bits per heavy atom. The van der Waals surface area contributed by atoms with Crippen molar-refractivity contribution in [3.05, 3.63) is 53.3 Å². The van der Waals surface area contributed by atoms with Gasteiger partial charge in [0.1, 0.15) is 0 Å². The van der Waals surface area contributed by atoms with Gasteiger partial charge in [0.2, 0.25) is 0 Å². The van der Waals surface area contributed by atoms with Gasteiger partial charge < -0.3 is 5.32 Å². The fourth-order valence-electron chi connectivity index (χ4n) is 3.87. The van der Waals surface area contributed by atoms with Crippen molar-refractivity contribution in [3.63, 3.8) is 0 Å². The zero-order chi connectivity index (χ0) is 21.8. The van der Waals surface area contributed by atoms with Crippen molar-refractivity contribution in [1.29, 1.82) is 0 Å². The molecule has 5 rings (SSSR count). The molecule has 11 heteroatoms. The number of urea groups is 1. The van der Waals surface area contributed by atoms with E-state index in [2.05, 4.69) is 44.4 Å². The highest BCUT2D eigenvalue weighted by Crippen LogP contribution is 2.39. The fourth-order valence-corrected chi connectivity index (χ4v) is 4.12.